The SMILES string of the molecule is c1ccc(-c2ccc(-n3c4ccccc4c4c5c6ccccc6n(-c6ccccc6-c6cccc(-c7ccccc7)c6)c5ccc43)cc2)cc1. The van der Waals surface area contributed by atoms with E-state index in [4.69, 9.17) is 0 Å². The highest BCUT2D eigenvalue weighted by Gasteiger charge is 2.21. The summed E-state index contributed by atoms with van der Waals surface area (Å²) in [6, 6.07) is 70.3. The van der Waals surface area contributed by atoms with E-state index in [-0.39, 0.29) is 0 Å². The van der Waals surface area contributed by atoms with Gasteiger partial charge in [-0.15, -0.1) is 0 Å². The second-order valence-electron chi connectivity index (χ2n) is 12.9. The van der Waals surface area contributed by atoms with E-state index in [0.717, 1.165) is 5.69 Å². The zero-order valence-corrected chi connectivity index (χ0v) is 27.4. The lowest BCUT2D eigenvalue weighted by molar-refractivity contribution is 1.17. The molecule has 0 unspecified atom stereocenters. The number of aromatic nitrogens is 2. The van der Waals surface area contributed by atoms with Crippen molar-refractivity contribution in [3.8, 4) is 44.8 Å². The Balaban J connectivity index is 1.22. The smallest absolute Gasteiger partial charge is 0.0549 e. The average Bonchev–Trinajstić information content (AvgIpc) is 3.71. The Morgan fingerprint density at radius 2 is 0.760 bits per heavy atom. The molecule has 50 heavy (non-hydrogen) atoms. The van der Waals surface area contributed by atoms with Crippen molar-refractivity contribution in [3.05, 3.63) is 194 Å². The van der Waals surface area contributed by atoms with Gasteiger partial charge in [0.15, 0.2) is 0 Å². The molecule has 2 heterocycles. The highest BCUT2D eigenvalue weighted by atomic mass is 15.0. The molecular formula is C48H32N2. The molecule has 0 atom stereocenters. The fraction of sp³-hybridized carbons (Fsp3) is 0. The van der Waals surface area contributed by atoms with Gasteiger partial charge in [-0.3, -0.25) is 0 Å². The molecule has 0 spiro atoms. The van der Waals surface area contributed by atoms with E-state index in [0.29, 0.717) is 0 Å². The van der Waals surface area contributed by atoms with Crippen LogP contribution < -0.4 is 0 Å². The number of nitrogens with zero attached hydrogens (tertiary/aromatic N) is 2. The first-order chi connectivity index (χ1) is 24.8. The second kappa shape index (κ2) is 11.5. The molecule has 0 aliphatic heterocycles. The summed E-state index contributed by atoms with van der Waals surface area (Å²) in [6.45, 7) is 0. The third-order valence-electron chi connectivity index (χ3n) is 10.1. The monoisotopic (exact) mass is 636 g/mol. The maximum atomic E-state index is 2.47. The second-order valence-corrected chi connectivity index (χ2v) is 12.9. The minimum Gasteiger partial charge on any atom is -0.309 e. The Hall–Kier alpha value is -6.64. The van der Waals surface area contributed by atoms with Crippen LogP contribution in [0, 0.1) is 0 Å². The average molecular weight is 637 g/mol. The third kappa shape index (κ3) is 4.43. The summed E-state index contributed by atoms with van der Waals surface area (Å²) in [5.41, 5.74) is 14.4. The molecule has 10 rings (SSSR count). The van der Waals surface area contributed by atoms with Gasteiger partial charge in [0.2, 0.25) is 0 Å². The first kappa shape index (κ1) is 28.4. The Morgan fingerprint density at radius 3 is 1.44 bits per heavy atom. The van der Waals surface area contributed by atoms with Gasteiger partial charge in [-0.25, -0.2) is 0 Å². The maximum Gasteiger partial charge on any atom is 0.0549 e. The van der Waals surface area contributed by atoms with Crippen LogP contribution in [0.15, 0.2) is 194 Å². The van der Waals surface area contributed by atoms with Crippen LogP contribution in [0.5, 0.6) is 0 Å². The van der Waals surface area contributed by atoms with E-state index >= 15 is 0 Å². The van der Waals surface area contributed by atoms with E-state index in [2.05, 4.69) is 203 Å². The van der Waals surface area contributed by atoms with Crippen LogP contribution in [0.3, 0.4) is 0 Å². The molecule has 0 fully saturated rings. The molecule has 10 aromatic rings. The van der Waals surface area contributed by atoms with Crippen LogP contribution >= 0.6 is 0 Å². The fourth-order valence-electron chi connectivity index (χ4n) is 7.90. The van der Waals surface area contributed by atoms with E-state index in [1.54, 1.807) is 0 Å². The number of rotatable bonds is 5. The van der Waals surface area contributed by atoms with Gasteiger partial charge in [-0.05, 0) is 76.3 Å². The summed E-state index contributed by atoms with van der Waals surface area (Å²) in [5, 5.41) is 5.07. The number of hydrogen-bond donors (Lipinski definition) is 0. The van der Waals surface area contributed by atoms with E-state index in [1.165, 1.54) is 82.7 Å². The van der Waals surface area contributed by atoms with Crippen LogP contribution in [-0.4, -0.2) is 9.13 Å². The van der Waals surface area contributed by atoms with Crippen molar-refractivity contribution in [2.75, 3.05) is 0 Å². The summed E-state index contributed by atoms with van der Waals surface area (Å²) in [7, 11) is 0. The summed E-state index contributed by atoms with van der Waals surface area (Å²) in [6.07, 6.45) is 0. The first-order valence-corrected chi connectivity index (χ1v) is 17.2. The van der Waals surface area contributed by atoms with Gasteiger partial charge < -0.3 is 9.13 Å². The summed E-state index contributed by atoms with van der Waals surface area (Å²) < 4.78 is 4.89. The van der Waals surface area contributed by atoms with Gasteiger partial charge >= 0.3 is 0 Å². The number of para-hydroxylation sites is 3. The van der Waals surface area contributed by atoms with Gasteiger partial charge in [-0.1, -0.05) is 146 Å². The lowest BCUT2D eigenvalue weighted by Crippen LogP contribution is -1.97. The molecule has 0 amide bonds. The molecule has 0 saturated heterocycles. The minimum atomic E-state index is 1.16. The highest BCUT2D eigenvalue weighted by molar-refractivity contribution is 6.29. The van der Waals surface area contributed by atoms with Gasteiger partial charge in [-0.2, -0.15) is 0 Å². The zero-order valence-electron chi connectivity index (χ0n) is 27.4. The molecule has 234 valence electrons. The normalized spacial score (nSPS) is 11.6. The van der Waals surface area contributed by atoms with E-state index < -0.39 is 0 Å². The number of benzene rings is 8. The quantitative estimate of drug-likeness (QED) is 0.178. The van der Waals surface area contributed by atoms with Crippen LogP contribution in [0.4, 0.5) is 0 Å². The van der Waals surface area contributed by atoms with Crippen LogP contribution in [0.25, 0.3) is 88.4 Å². The summed E-state index contributed by atoms with van der Waals surface area (Å²) in [4.78, 5) is 0. The summed E-state index contributed by atoms with van der Waals surface area (Å²) >= 11 is 0. The van der Waals surface area contributed by atoms with Gasteiger partial charge in [0.25, 0.3) is 0 Å². The Morgan fingerprint density at radius 1 is 0.280 bits per heavy atom. The molecular weight excluding hydrogens is 605 g/mol. The third-order valence-corrected chi connectivity index (χ3v) is 10.1. The van der Waals surface area contributed by atoms with Crippen molar-refractivity contribution in [3.63, 3.8) is 0 Å². The maximum absolute atomic E-state index is 2.47. The lowest BCUT2D eigenvalue weighted by atomic mass is 9.98. The van der Waals surface area contributed by atoms with Crippen molar-refractivity contribution >= 4 is 43.6 Å². The first-order valence-electron chi connectivity index (χ1n) is 17.2. The fourth-order valence-corrected chi connectivity index (χ4v) is 7.90. The van der Waals surface area contributed by atoms with Crippen molar-refractivity contribution in [2.45, 2.75) is 0 Å². The van der Waals surface area contributed by atoms with Gasteiger partial charge in [0, 0.05) is 32.8 Å². The Bertz CT molecular complexity index is 2840. The van der Waals surface area contributed by atoms with Crippen LogP contribution in [0.1, 0.15) is 0 Å². The Kier molecular flexibility index (Phi) is 6.53. The van der Waals surface area contributed by atoms with E-state index in [1.807, 2.05) is 0 Å². The van der Waals surface area contributed by atoms with Crippen LogP contribution in [0.2, 0.25) is 0 Å². The number of fused-ring (bicyclic) bond motifs is 7. The summed E-state index contributed by atoms with van der Waals surface area (Å²) in [5.74, 6) is 0. The lowest BCUT2D eigenvalue weighted by Gasteiger charge is -2.15. The minimum absolute atomic E-state index is 1.16. The topological polar surface area (TPSA) is 9.86 Å². The Labute approximate surface area is 290 Å². The van der Waals surface area contributed by atoms with Crippen molar-refractivity contribution in [1.29, 1.82) is 0 Å². The molecule has 2 aromatic heterocycles. The number of hydrogen-bond acceptors (Lipinski definition) is 0. The predicted octanol–water partition coefficient (Wildman–Crippen LogP) is 12.9. The molecule has 0 radical (unpaired) electrons. The molecule has 2 nitrogen and oxygen atoms in total. The largest absolute Gasteiger partial charge is 0.309 e. The standard InChI is InChI=1S/C48H32N2/c1-3-14-33(15-4-1)35-26-28-38(29-27-35)49-43-24-11-8-21-40(43)47-45(49)30-31-46-48(47)41-22-9-12-25-44(41)50(46)42-23-10-7-20-39(42)37-19-13-18-36(32-37)34-16-5-2-6-17-34/h1-32H. The molecule has 0 aliphatic carbocycles. The van der Waals surface area contributed by atoms with Gasteiger partial charge in [0.05, 0.1) is 27.8 Å². The molecule has 0 saturated carbocycles. The van der Waals surface area contributed by atoms with Crippen molar-refractivity contribution < 1.29 is 0 Å². The molecule has 2 heteroatoms. The van der Waals surface area contributed by atoms with Crippen LogP contribution in [-0.2, 0) is 0 Å². The molecule has 0 N–H and O–H groups in total. The predicted molar refractivity (Wildman–Crippen MR) is 211 cm³/mol. The molecule has 0 aliphatic rings. The van der Waals surface area contributed by atoms with Gasteiger partial charge in [0.1, 0.15) is 0 Å². The zero-order chi connectivity index (χ0) is 33.0. The van der Waals surface area contributed by atoms with E-state index in [9.17, 15) is 0 Å². The van der Waals surface area contributed by atoms with Crippen molar-refractivity contribution in [1.82, 2.24) is 9.13 Å². The molecule has 8 aromatic carbocycles. The highest BCUT2D eigenvalue weighted by Crippen LogP contribution is 2.43. The van der Waals surface area contributed by atoms with Crippen molar-refractivity contribution in [2.24, 2.45) is 0 Å². The molecule has 0 bridgehead atoms.